The van der Waals surface area contributed by atoms with Crippen molar-refractivity contribution < 1.29 is 0 Å². The molecule has 114 valence electrons. The highest BCUT2D eigenvalue weighted by atomic mass is 14.7. The SMILES string of the molecule is CCCCCCCCC1(N)CCCC(CCC)CC1. The standard InChI is InChI=1S/C18H37N/c1-3-5-6-7-8-9-14-18(19)15-10-12-17(11-4-2)13-16-18/h17H,3-16,19H2,1-2H3. The predicted octanol–water partition coefficient (Wildman–Crippen LogP) is 5.81. The molecule has 0 spiro atoms. The molecule has 1 aliphatic carbocycles. The monoisotopic (exact) mass is 267 g/mol. The summed E-state index contributed by atoms with van der Waals surface area (Å²) in [4.78, 5) is 0. The van der Waals surface area contributed by atoms with E-state index in [9.17, 15) is 0 Å². The van der Waals surface area contributed by atoms with E-state index in [1.54, 1.807) is 0 Å². The minimum atomic E-state index is 0.188. The zero-order valence-corrected chi connectivity index (χ0v) is 13.6. The molecule has 0 aromatic carbocycles. The van der Waals surface area contributed by atoms with E-state index in [0.717, 1.165) is 5.92 Å². The third-order valence-electron chi connectivity index (χ3n) is 5.06. The lowest BCUT2D eigenvalue weighted by Crippen LogP contribution is -2.39. The van der Waals surface area contributed by atoms with Crippen LogP contribution in [0, 0.1) is 5.92 Å². The van der Waals surface area contributed by atoms with E-state index in [0.29, 0.717) is 0 Å². The van der Waals surface area contributed by atoms with E-state index in [4.69, 9.17) is 5.73 Å². The van der Waals surface area contributed by atoms with Gasteiger partial charge in [0, 0.05) is 5.54 Å². The maximum atomic E-state index is 6.66. The first-order chi connectivity index (χ1) is 9.20. The Labute approximate surface area is 121 Å². The first kappa shape index (κ1) is 17.0. The molecule has 1 saturated carbocycles. The zero-order valence-electron chi connectivity index (χ0n) is 13.6. The lowest BCUT2D eigenvalue weighted by atomic mass is 9.85. The Bertz CT molecular complexity index is 214. The molecule has 2 N–H and O–H groups in total. The van der Waals surface area contributed by atoms with Crippen LogP contribution >= 0.6 is 0 Å². The number of hydrogen-bond donors (Lipinski definition) is 1. The highest BCUT2D eigenvalue weighted by Gasteiger charge is 2.28. The van der Waals surface area contributed by atoms with Crippen molar-refractivity contribution in [3.63, 3.8) is 0 Å². The first-order valence-corrected chi connectivity index (χ1v) is 8.99. The van der Waals surface area contributed by atoms with Crippen molar-refractivity contribution in [3.8, 4) is 0 Å². The van der Waals surface area contributed by atoms with Gasteiger partial charge < -0.3 is 5.73 Å². The summed E-state index contributed by atoms with van der Waals surface area (Å²) in [7, 11) is 0. The smallest absolute Gasteiger partial charge is 0.0154 e. The zero-order chi connectivity index (χ0) is 14.0. The topological polar surface area (TPSA) is 26.0 Å². The molecule has 1 aliphatic rings. The second kappa shape index (κ2) is 9.80. The molecule has 1 nitrogen and oxygen atoms in total. The molecule has 1 fully saturated rings. The van der Waals surface area contributed by atoms with Crippen molar-refractivity contribution >= 4 is 0 Å². The molecule has 2 atom stereocenters. The van der Waals surface area contributed by atoms with Gasteiger partial charge in [0.2, 0.25) is 0 Å². The van der Waals surface area contributed by atoms with Crippen molar-refractivity contribution in [1.29, 1.82) is 0 Å². The van der Waals surface area contributed by atoms with Gasteiger partial charge in [0.1, 0.15) is 0 Å². The summed E-state index contributed by atoms with van der Waals surface area (Å²) in [6, 6.07) is 0. The highest BCUT2D eigenvalue weighted by molar-refractivity contribution is 4.87. The Morgan fingerprint density at radius 2 is 1.63 bits per heavy atom. The van der Waals surface area contributed by atoms with E-state index in [1.165, 1.54) is 89.9 Å². The Morgan fingerprint density at radius 1 is 0.895 bits per heavy atom. The average molecular weight is 268 g/mol. The summed E-state index contributed by atoms with van der Waals surface area (Å²) < 4.78 is 0. The molecule has 0 heterocycles. The van der Waals surface area contributed by atoms with Crippen LogP contribution < -0.4 is 5.73 Å². The summed E-state index contributed by atoms with van der Waals surface area (Å²) in [5.41, 5.74) is 6.85. The van der Waals surface area contributed by atoms with Crippen LogP contribution in [0.5, 0.6) is 0 Å². The maximum absolute atomic E-state index is 6.66. The van der Waals surface area contributed by atoms with Gasteiger partial charge in [0.25, 0.3) is 0 Å². The molecular weight excluding hydrogens is 230 g/mol. The quantitative estimate of drug-likeness (QED) is 0.414. The number of rotatable bonds is 9. The van der Waals surface area contributed by atoms with Crippen molar-refractivity contribution in [1.82, 2.24) is 0 Å². The summed E-state index contributed by atoms with van der Waals surface area (Å²) in [5, 5.41) is 0. The van der Waals surface area contributed by atoms with Crippen LogP contribution in [0.25, 0.3) is 0 Å². The molecule has 0 aliphatic heterocycles. The van der Waals surface area contributed by atoms with Gasteiger partial charge >= 0.3 is 0 Å². The molecule has 0 radical (unpaired) electrons. The second-order valence-corrected chi connectivity index (χ2v) is 6.97. The molecule has 2 unspecified atom stereocenters. The van der Waals surface area contributed by atoms with Crippen LogP contribution in [-0.4, -0.2) is 5.54 Å². The van der Waals surface area contributed by atoms with E-state index < -0.39 is 0 Å². The van der Waals surface area contributed by atoms with E-state index in [2.05, 4.69) is 13.8 Å². The van der Waals surface area contributed by atoms with E-state index in [-0.39, 0.29) is 5.54 Å². The predicted molar refractivity (Wildman–Crippen MR) is 86.4 cm³/mol. The van der Waals surface area contributed by atoms with Crippen molar-refractivity contribution in [2.45, 2.75) is 109 Å². The lowest BCUT2D eigenvalue weighted by molar-refractivity contribution is 0.323. The Kier molecular flexibility index (Phi) is 8.77. The third kappa shape index (κ3) is 7.34. The van der Waals surface area contributed by atoms with Crippen molar-refractivity contribution in [2.75, 3.05) is 0 Å². The van der Waals surface area contributed by atoms with E-state index >= 15 is 0 Å². The Morgan fingerprint density at radius 3 is 2.37 bits per heavy atom. The fourth-order valence-electron chi connectivity index (χ4n) is 3.71. The van der Waals surface area contributed by atoms with Crippen molar-refractivity contribution in [3.05, 3.63) is 0 Å². The fraction of sp³-hybridized carbons (Fsp3) is 1.00. The van der Waals surface area contributed by atoms with Gasteiger partial charge in [-0.25, -0.2) is 0 Å². The van der Waals surface area contributed by atoms with Crippen LogP contribution in [0.3, 0.4) is 0 Å². The molecule has 19 heavy (non-hydrogen) atoms. The number of hydrogen-bond acceptors (Lipinski definition) is 1. The summed E-state index contributed by atoms with van der Waals surface area (Å²) in [6.45, 7) is 4.60. The van der Waals surface area contributed by atoms with Crippen LogP contribution in [0.2, 0.25) is 0 Å². The van der Waals surface area contributed by atoms with Gasteiger partial charge in [-0.2, -0.15) is 0 Å². The van der Waals surface area contributed by atoms with Gasteiger partial charge in [0.15, 0.2) is 0 Å². The molecule has 1 heteroatoms. The number of nitrogens with two attached hydrogens (primary N) is 1. The van der Waals surface area contributed by atoms with Gasteiger partial charge in [-0.3, -0.25) is 0 Å². The summed E-state index contributed by atoms with van der Waals surface area (Å²) in [6.07, 6.45) is 19.2. The first-order valence-electron chi connectivity index (χ1n) is 8.99. The highest BCUT2D eigenvalue weighted by Crippen LogP contribution is 2.34. The Balaban J connectivity index is 2.16. The molecular formula is C18H37N. The second-order valence-electron chi connectivity index (χ2n) is 6.97. The summed E-state index contributed by atoms with van der Waals surface area (Å²) in [5.74, 6) is 0.972. The summed E-state index contributed by atoms with van der Waals surface area (Å²) >= 11 is 0. The van der Waals surface area contributed by atoms with Gasteiger partial charge in [-0.15, -0.1) is 0 Å². The minimum absolute atomic E-state index is 0.188. The largest absolute Gasteiger partial charge is 0.325 e. The third-order valence-corrected chi connectivity index (χ3v) is 5.06. The van der Waals surface area contributed by atoms with Crippen LogP contribution in [0.1, 0.15) is 104 Å². The van der Waals surface area contributed by atoms with Gasteiger partial charge in [0.05, 0.1) is 0 Å². The maximum Gasteiger partial charge on any atom is 0.0154 e. The fourth-order valence-corrected chi connectivity index (χ4v) is 3.71. The average Bonchev–Trinajstić information content (AvgIpc) is 2.57. The van der Waals surface area contributed by atoms with E-state index in [1.807, 2.05) is 0 Å². The molecule has 0 bridgehead atoms. The van der Waals surface area contributed by atoms with Crippen LogP contribution in [-0.2, 0) is 0 Å². The van der Waals surface area contributed by atoms with Gasteiger partial charge in [-0.1, -0.05) is 78.1 Å². The van der Waals surface area contributed by atoms with Gasteiger partial charge in [-0.05, 0) is 31.6 Å². The Hall–Kier alpha value is -0.0400. The van der Waals surface area contributed by atoms with Crippen LogP contribution in [0.4, 0.5) is 0 Å². The normalized spacial score (nSPS) is 28.3. The molecule has 1 rings (SSSR count). The van der Waals surface area contributed by atoms with Crippen molar-refractivity contribution in [2.24, 2.45) is 11.7 Å². The number of unbranched alkanes of at least 4 members (excludes halogenated alkanes) is 5. The molecule has 0 amide bonds. The lowest BCUT2D eigenvalue weighted by Gasteiger charge is -2.28. The molecule has 0 saturated heterocycles. The molecule has 0 aromatic heterocycles. The minimum Gasteiger partial charge on any atom is -0.325 e. The van der Waals surface area contributed by atoms with Crippen LogP contribution in [0.15, 0.2) is 0 Å². The molecule has 0 aromatic rings.